The molecule has 0 aliphatic heterocycles. The van der Waals surface area contributed by atoms with Crippen LogP contribution in [0.5, 0.6) is 0 Å². The van der Waals surface area contributed by atoms with E-state index in [-0.39, 0.29) is 12.5 Å². The first kappa shape index (κ1) is 20.4. The second-order valence-electron chi connectivity index (χ2n) is 7.66. The van der Waals surface area contributed by atoms with Gasteiger partial charge in [-0.1, -0.05) is 35.9 Å². The third-order valence-corrected chi connectivity index (χ3v) is 5.42. The SMILES string of the molecule is Cc1cnc(NC2CC2)cc1-c1ccc(C(=O)NC[C@H](O)c2cccc(Cl)c2)cc1. The Labute approximate surface area is 181 Å². The summed E-state index contributed by atoms with van der Waals surface area (Å²) in [6.45, 7) is 2.14. The number of benzene rings is 2. The van der Waals surface area contributed by atoms with Crippen LogP contribution in [0.15, 0.2) is 60.8 Å². The highest BCUT2D eigenvalue weighted by atomic mass is 35.5. The summed E-state index contributed by atoms with van der Waals surface area (Å²) >= 11 is 5.96. The van der Waals surface area contributed by atoms with E-state index in [1.807, 2.05) is 25.3 Å². The largest absolute Gasteiger partial charge is 0.387 e. The van der Waals surface area contributed by atoms with Gasteiger partial charge in [0.25, 0.3) is 5.91 Å². The number of hydrogen-bond donors (Lipinski definition) is 3. The minimum Gasteiger partial charge on any atom is -0.387 e. The second kappa shape index (κ2) is 8.86. The van der Waals surface area contributed by atoms with Crippen molar-refractivity contribution in [2.45, 2.75) is 31.9 Å². The highest BCUT2D eigenvalue weighted by Gasteiger charge is 2.21. The van der Waals surface area contributed by atoms with Gasteiger partial charge in [0.1, 0.15) is 5.82 Å². The van der Waals surface area contributed by atoms with Crippen LogP contribution in [0.25, 0.3) is 11.1 Å². The summed E-state index contributed by atoms with van der Waals surface area (Å²) in [4.78, 5) is 16.9. The molecule has 1 aliphatic rings. The smallest absolute Gasteiger partial charge is 0.251 e. The van der Waals surface area contributed by atoms with Gasteiger partial charge in [0.15, 0.2) is 0 Å². The van der Waals surface area contributed by atoms with E-state index >= 15 is 0 Å². The zero-order valence-electron chi connectivity index (χ0n) is 16.7. The van der Waals surface area contributed by atoms with E-state index in [0.717, 1.165) is 22.5 Å². The number of halogens is 1. The van der Waals surface area contributed by atoms with Crippen molar-refractivity contribution in [3.63, 3.8) is 0 Å². The van der Waals surface area contributed by atoms with Gasteiger partial charge in [0.05, 0.1) is 6.10 Å². The average molecular weight is 422 g/mol. The van der Waals surface area contributed by atoms with E-state index < -0.39 is 6.10 Å². The molecule has 5 nitrogen and oxygen atoms in total. The third kappa shape index (κ3) is 4.99. The molecule has 1 fully saturated rings. The number of aliphatic hydroxyl groups excluding tert-OH is 1. The highest BCUT2D eigenvalue weighted by molar-refractivity contribution is 6.30. The molecule has 0 saturated heterocycles. The molecule has 1 aromatic heterocycles. The quantitative estimate of drug-likeness (QED) is 0.514. The van der Waals surface area contributed by atoms with Crippen LogP contribution in [0.2, 0.25) is 5.02 Å². The van der Waals surface area contributed by atoms with Crippen LogP contribution in [0.1, 0.15) is 40.4 Å². The van der Waals surface area contributed by atoms with Crippen LogP contribution in [0.4, 0.5) is 5.82 Å². The number of carbonyl (C=O) groups is 1. The first-order valence-electron chi connectivity index (χ1n) is 10.0. The lowest BCUT2D eigenvalue weighted by Crippen LogP contribution is -2.28. The van der Waals surface area contributed by atoms with Crippen molar-refractivity contribution in [1.82, 2.24) is 10.3 Å². The van der Waals surface area contributed by atoms with Crippen LogP contribution in [-0.4, -0.2) is 28.6 Å². The zero-order valence-corrected chi connectivity index (χ0v) is 17.5. The predicted octanol–water partition coefficient (Wildman–Crippen LogP) is 4.75. The maximum atomic E-state index is 12.5. The number of aryl methyl sites for hydroxylation is 1. The molecule has 3 aromatic rings. The summed E-state index contributed by atoms with van der Waals surface area (Å²) < 4.78 is 0. The van der Waals surface area contributed by atoms with Gasteiger partial charge in [-0.15, -0.1) is 0 Å². The molecule has 0 bridgehead atoms. The summed E-state index contributed by atoms with van der Waals surface area (Å²) in [7, 11) is 0. The van der Waals surface area contributed by atoms with Crippen LogP contribution >= 0.6 is 11.6 Å². The Morgan fingerprint density at radius 3 is 2.67 bits per heavy atom. The number of amides is 1. The van der Waals surface area contributed by atoms with Crippen molar-refractivity contribution in [2.24, 2.45) is 0 Å². The summed E-state index contributed by atoms with van der Waals surface area (Å²) in [6.07, 6.45) is 3.45. The van der Waals surface area contributed by atoms with E-state index in [9.17, 15) is 9.90 Å². The molecule has 1 saturated carbocycles. The van der Waals surface area contributed by atoms with Gasteiger partial charge in [-0.05, 0) is 72.4 Å². The minimum atomic E-state index is -0.816. The molecule has 30 heavy (non-hydrogen) atoms. The molecular formula is C24H24ClN3O2. The number of carbonyl (C=O) groups excluding carboxylic acids is 1. The molecule has 154 valence electrons. The fourth-order valence-electron chi connectivity index (χ4n) is 3.27. The number of nitrogens with one attached hydrogen (secondary N) is 2. The summed E-state index contributed by atoms with van der Waals surface area (Å²) in [5.41, 5.74) is 4.42. The van der Waals surface area contributed by atoms with E-state index in [0.29, 0.717) is 22.2 Å². The lowest BCUT2D eigenvalue weighted by Gasteiger charge is -2.13. The molecule has 1 aliphatic carbocycles. The maximum Gasteiger partial charge on any atom is 0.251 e. The van der Waals surface area contributed by atoms with Gasteiger partial charge in [-0.2, -0.15) is 0 Å². The predicted molar refractivity (Wildman–Crippen MR) is 120 cm³/mol. The number of aliphatic hydroxyl groups is 1. The molecule has 2 aromatic carbocycles. The number of nitrogens with zero attached hydrogens (tertiary/aromatic N) is 1. The molecule has 3 N–H and O–H groups in total. The molecule has 0 radical (unpaired) electrons. The van der Waals surface area contributed by atoms with Crippen LogP contribution in [-0.2, 0) is 0 Å². The fourth-order valence-corrected chi connectivity index (χ4v) is 3.47. The Morgan fingerprint density at radius 1 is 1.20 bits per heavy atom. The molecule has 0 unspecified atom stereocenters. The molecule has 0 spiro atoms. The first-order chi connectivity index (χ1) is 14.5. The molecular weight excluding hydrogens is 398 g/mol. The van der Waals surface area contributed by atoms with Gasteiger partial charge >= 0.3 is 0 Å². The standard InChI is InChI=1S/C24H24ClN3O2/c1-15-13-26-23(28-20-9-10-20)12-21(15)16-5-7-17(8-6-16)24(30)27-14-22(29)18-3-2-4-19(25)11-18/h2-8,11-13,20,22,29H,9-10,14H2,1H3,(H,26,28)(H,27,30)/t22-/m0/s1. The van der Waals surface area contributed by atoms with Crippen LogP contribution in [0, 0.1) is 6.92 Å². The third-order valence-electron chi connectivity index (χ3n) is 5.18. The number of hydrogen-bond acceptors (Lipinski definition) is 4. The number of anilines is 1. The minimum absolute atomic E-state index is 0.112. The first-order valence-corrected chi connectivity index (χ1v) is 10.4. The summed E-state index contributed by atoms with van der Waals surface area (Å²) in [5, 5.41) is 17.0. The number of pyridine rings is 1. The van der Waals surface area contributed by atoms with Crippen LogP contribution < -0.4 is 10.6 Å². The molecule has 1 heterocycles. The highest BCUT2D eigenvalue weighted by Crippen LogP contribution is 2.29. The molecule has 1 atom stereocenters. The number of aromatic nitrogens is 1. The normalized spacial score (nSPS) is 14.2. The molecule has 6 heteroatoms. The lowest BCUT2D eigenvalue weighted by molar-refractivity contribution is 0.0916. The van der Waals surface area contributed by atoms with Gasteiger partial charge in [0.2, 0.25) is 0 Å². The Bertz CT molecular complexity index is 1050. The monoisotopic (exact) mass is 421 g/mol. The van der Waals surface area contributed by atoms with Crippen molar-refractivity contribution in [2.75, 3.05) is 11.9 Å². The van der Waals surface area contributed by atoms with E-state index in [4.69, 9.17) is 11.6 Å². The van der Waals surface area contributed by atoms with E-state index in [1.165, 1.54) is 12.8 Å². The molecule has 1 amide bonds. The fraction of sp³-hybridized carbons (Fsp3) is 0.250. The average Bonchev–Trinajstić information content (AvgIpc) is 3.57. The Hall–Kier alpha value is -2.89. The van der Waals surface area contributed by atoms with E-state index in [2.05, 4.69) is 21.7 Å². The van der Waals surface area contributed by atoms with Gasteiger partial charge in [-0.3, -0.25) is 4.79 Å². The maximum absolute atomic E-state index is 12.5. The van der Waals surface area contributed by atoms with E-state index in [1.54, 1.807) is 36.4 Å². The Morgan fingerprint density at radius 2 is 1.97 bits per heavy atom. The zero-order chi connectivity index (χ0) is 21.1. The number of rotatable bonds is 7. The van der Waals surface area contributed by atoms with Gasteiger partial charge in [-0.25, -0.2) is 4.98 Å². The van der Waals surface area contributed by atoms with Crippen molar-refractivity contribution in [1.29, 1.82) is 0 Å². The summed E-state index contributed by atoms with van der Waals surface area (Å²) in [6, 6.07) is 17.1. The van der Waals surface area contributed by atoms with Crippen LogP contribution in [0.3, 0.4) is 0 Å². The Kier molecular flexibility index (Phi) is 6.02. The van der Waals surface area contributed by atoms with Crippen molar-refractivity contribution >= 4 is 23.3 Å². The van der Waals surface area contributed by atoms with Crippen molar-refractivity contribution in [3.05, 3.63) is 82.5 Å². The summed E-state index contributed by atoms with van der Waals surface area (Å²) in [5.74, 6) is 0.653. The molecule has 4 rings (SSSR count). The van der Waals surface area contributed by atoms with Crippen molar-refractivity contribution in [3.8, 4) is 11.1 Å². The van der Waals surface area contributed by atoms with Gasteiger partial charge in [0, 0.05) is 29.4 Å². The lowest BCUT2D eigenvalue weighted by atomic mass is 10.0. The second-order valence-corrected chi connectivity index (χ2v) is 8.10. The van der Waals surface area contributed by atoms with Crippen molar-refractivity contribution < 1.29 is 9.90 Å². The van der Waals surface area contributed by atoms with Gasteiger partial charge < -0.3 is 15.7 Å². The Balaban J connectivity index is 1.41. The topological polar surface area (TPSA) is 74.2 Å².